The molecule has 0 bridgehead atoms. The Morgan fingerprint density at radius 3 is 2.57 bits per heavy atom. The molecule has 0 spiro atoms. The number of nitrogens with zero attached hydrogens (tertiary/aromatic N) is 1. The summed E-state index contributed by atoms with van der Waals surface area (Å²) in [4.78, 5) is 22.6. The van der Waals surface area contributed by atoms with Crippen LogP contribution in [0.15, 0.2) is 24.3 Å². The van der Waals surface area contributed by atoms with Gasteiger partial charge in [-0.15, -0.1) is 0 Å². The highest BCUT2D eigenvalue weighted by Gasteiger charge is 2.03. The zero-order valence-electron chi connectivity index (χ0n) is 11.7. The molecule has 2 amide bonds. The van der Waals surface area contributed by atoms with Crippen LogP contribution in [-0.2, 0) is 16.0 Å². The molecule has 0 heterocycles. The fourth-order valence-corrected chi connectivity index (χ4v) is 1.93. The molecule has 6 heteroatoms. The third-order valence-electron chi connectivity index (χ3n) is 2.77. The lowest BCUT2D eigenvalue weighted by Gasteiger charge is -2.06. The van der Waals surface area contributed by atoms with Crippen molar-refractivity contribution in [1.82, 2.24) is 10.6 Å². The minimum atomic E-state index is -0.287. The second kappa shape index (κ2) is 9.78. The standard InChI is InChI=1S/C15H18ClN3O2/c16-13-4-1-3-12(11-13)5-6-14(20)18-9-2-10-19-15(21)7-8-17/h1,3-4,11H,2,5-7,9-10H2,(H,18,20)(H,19,21). The van der Waals surface area contributed by atoms with Gasteiger partial charge in [-0.25, -0.2) is 0 Å². The van der Waals surface area contributed by atoms with E-state index in [1.807, 2.05) is 18.2 Å². The Bertz CT molecular complexity index is 526. The van der Waals surface area contributed by atoms with Gasteiger partial charge < -0.3 is 10.6 Å². The van der Waals surface area contributed by atoms with Crippen molar-refractivity contribution in [2.75, 3.05) is 13.1 Å². The van der Waals surface area contributed by atoms with E-state index in [1.54, 1.807) is 12.1 Å². The summed E-state index contributed by atoms with van der Waals surface area (Å²) in [5, 5.41) is 14.4. The van der Waals surface area contributed by atoms with E-state index in [9.17, 15) is 9.59 Å². The van der Waals surface area contributed by atoms with E-state index in [1.165, 1.54) is 0 Å². The van der Waals surface area contributed by atoms with Gasteiger partial charge in [0.15, 0.2) is 0 Å². The van der Waals surface area contributed by atoms with Crippen LogP contribution >= 0.6 is 11.6 Å². The van der Waals surface area contributed by atoms with Gasteiger partial charge in [-0.1, -0.05) is 23.7 Å². The minimum Gasteiger partial charge on any atom is -0.356 e. The predicted octanol–water partition coefficient (Wildman–Crippen LogP) is 1.81. The Morgan fingerprint density at radius 2 is 1.90 bits per heavy atom. The van der Waals surface area contributed by atoms with Crippen molar-refractivity contribution in [3.63, 3.8) is 0 Å². The summed E-state index contributed by atoms with van der Waals surface area (Å²) in [6.07, 6.45) is 1.55. The Hall–Kier alpha value is -2.06. The van der Waals surface area contributed by atoms with E-state index in [2.05, 4.69) is 10.6 Å². The number of amides is 2. The molecule has 0 saturated carbocycles. The number of hydrogen-bond donors (Lipinski definition) is 2. The topological polar surface area (TPSA) is 82.0 Å². The van der Waals surface area contributed by atoms with E-state index in [4.69, 9.17) is 16.9 Å². The van der Waals surface area contributed by atoms with Gasteiger partial charge in [-0.3, -0.25) is 9.59 Å². The van der Waals surface area contributed by atoms with Crippen LogP contribution in [-0.4, -0.2) is 24.9 Å². The molecule has 0 fully saturated rings. The molecule has 0 aromatic heterocycles. The molecule has 1 rings (SSSR count). The number of nitriles is 1. The summed E-state index contributed by atoms with van der Waals surface area (Å²) in [6.45, 7) is 0.955. The average Bonchev–Trinajstić information content (AvgIpc) is 2.45. The van der Waals surface area contributed by atoms with Crippen molar-refractivity contribution in [2.45, 2.75) is 25.7 Å². The first kappa shape index (κ1) is 17.0. The van der Waals surface area contributed by atoms with Crippen molar-refractivity contribution >= 4 is 23.4 Å². The second-order valence-corrected chi connectivity index (χ2v) is 4.95. The van der Waals surface area contributed by atoms with Crippen molar-refractivity contribution in [1.29, 1.82) is 5.26 Å². The number of benzene rings is 1. The molecule has 0 aliphatic heterocycles. The van der Waals surface area contributed by atoms with Crippen LogP contribution in [0.25, 0.3) is 0 Å². The Morgan fingerprint density at radius 1 is 1.19 bits per heavy atom. The lowest BCUT2D eigenvalue weighted by Crippen LogP contribution is -2.29. The molecule has 0 aliphatic carbocycles. The normalized spacial score (nSPS) is 9.71. The third-order valence-corrected chi connectivity index (χ3v) is 3.00. The number of nitrogens with one attached hydrogen (secondary N) is 2. The fraction of sp³-hybridized carbons (Fsp3) is 0.400. The summed E-state index contributed by atoms with van der Waals surface area (Å²) >= 11 is 5.87. The van der Waals surface area contributed by atoms with Gasteiger partial charge in [0, 0.05) is 24.5 Å². The van der Waals surface area contributed by atoms with Crippen molar-refractivity contribution in [2.24, 2.45) is 0 Å². The van der Waals surface area contributed by atoms with E-state index in [0.717, 1.165) is 5.56 Å². The molecule has 0 atom stereocenters. The molecule has 0 aliphatic rings. The first-order chi connectivity index (χ1) is 10.1. The maximum absolute atomic E-state index is 11.6. The van der Waals surface area contributed by atoms with Gasteiger partial charge in [-0.2, -0.15) is 5.26 Å². The number of carbonyl (C=O) groups excluding carboxylic acids is 2. The van der Waals surface area contributed by atoms with E-state index in [-0.39, 0.29) is 18.2 Å². The first-order valence-corrected chi connectivity index (χ1v) is 7.14. The molecule has 112 valence electrons. The molecular weight excluding hydrogens is 290 g/mol. The molecule has 1 aromatic rings. The molecule has 2 N–H and O–H groups in total. The van der Waals surface area contributed by atoms with Crippen LogP contribution in [0.2, 0.25) is 5.02 Å². The maximum Gasteiger partial charge on any atom is 0.234 e. The Kier molecular flexibility index (Phi) is 7.92. The molecule has 0 radical (unpaired) electrons. The highest BCUT2D eigenvalue weighted by Crippen LogP contribution is 2.11. The molecule has 0 saturated heterocycles. The summed E-state index contributed by atoms with van der Waals surface area (Å²) < 4.78 is 0. The monoisotopic (exact) mass is 307 g/mol. The Labute approximate surface area is 129 Å². The molecule has 0 unspecified atom stereocenters. The van der Waals surface area contributed by atoms with Crippen LogP contribution in [0.5, 0.6) is 0 Å². The van der Waals surface area contributed by atoms with Crippen molar-refractivity contribution in [3.05, 3.63) is 34.9 Å². The van der Waals surface area contributed by atoms with E-state index < -0.39 is 0 Å². The van der Waals surface area contributed by atoms with Crippen molar-refractivity contribution < 1.29 is 9.59 Å². The van der Waals surface area contributed by atoms with Gasteiger partial charge in [0.1, 0.15) is 6.42 Å². The quantitative estimate of drug-likeness (QED) is 0.719. The highest BCUT2D eigenvalue weighted by atomic mass is 35.5. The minimum absolute atomic E-state index is 0.0293. The second-order valence-electron chi connectivity index (χ2n) is 4.52. The SMILES string of the molecule is N#CCC(=O)NCCCNC(=O)CCc1cccc(Cl)c1. The molecule has 21 heavy (non-hydrogen) atoms. The van der Waals surface area contributed by atoms with Crippen LogP contribution in [0, 0.1) is 11.3 Å². The van der Waals surface area contributed by atoms with Gasteiger partial charge in [0.25, 0.3) is 0 Å². The van der Waals surface area contributed by atoms with Gasteiger partial charge in [0.05, 0.1) is 6.07 Å². The number of carbonyl (C=O) groups is 2. The largest absolute Gasteiger partial charge is 0.356 e. The zero-order valence-corrected chi connectivity index (χ0v) is 12.4. The summed E-state index contributed by atoms with van der Waals surface area (Å²) in [6, 6.07) is 9.21. The van der Waals surface area contributed by atoms with Crippen LogP contribution in [0.4, 0.5) is 0 Å². The predicted molar refractivity (Wildman–Crippen MR) is 80.6 cm³/mol. The van der Waals surface area contributed by atoms with Crippen LogP contribution in [0.1, 0.15) is 24.8 Å². The first-order valence-electron chi connectivity index (χ1n) is 6.76. The number of hydrogen-bond acceptors (Lipinski definition) is 3. The number of aryl methyl sites for hydroxylation is 1. The molecular formula is C15H18ClN3O2. The zero-order chi connectivity index (χ0) is 15.5. The van der Waals surface area contributed by atoms with Gasteiger partial charge in [0.2, 0.25) is 11.8 Å². The summed E-state index contributed by atoms with van der Waals surface area (Å²) in [5.74, 6) is -0.317. The third kappa shape index (κ3) is 7.95. The molecule has 1 aromatic carbocycles. The Balaban J connectivity index is 2.09. The maximum atomic E-state index is 11.6. The fourth-order valence-electron chi connectivity index (χ4n) is 1.72. The lowest BCUT2D eigenvalue weighted by molar-refractivity contribution is -0.121. The van der Waals surface area contributed by atoms with E-state index in [0.29, 0.717) is 37.4 Å². The van der Waals surface area contributed by atoms with Crippen LogP contribution in [0.3, 0.4) is 0 Å². The van der Waals surface area contributed by atoms with Gasteiger partial charge >= 0.3 is 0 Å². The van der Waals surface area contributed by atoms with E-state index >= 15 is 0 Å². The smallest absolute Gasteiger partial charge is 0.234 e. The summed E-state index contributed by atoms with van der Waals surface area (Å²) in [7, 11) is 0. The molecule has 5 nitrogen and oxygen atoms in total. The average molecular weight is 308 g/mol. The van der Waals surface area contributed by atoms with Gasteiger partial charge in [-0.05, 0) is 30.5 Å². The lowest BCUT2D eigenvalue weighted by atomic mass is 10.1. The summed E-state index contributed by atoms with van der Waals surface area (Å²) in [5.41, 5.74) is 1.03. The number of halogens is 1. The highest BCUT2D eigenvalue weighted by molar-refractivity contribution is 6.30. The van der Waals surface area contributed by atoms with Crippen molar-refractivity contribution in [3.8, 4) is 6.07 Å². The number of rotatable bonds is 8. The van der Waals surface area contributed by atoms with Crippen LogP contribution < -0.4 is 10.6 Å².